The second kappa shape index (κ2) is 3.96. The molecule has 0 saturated heterocycles. The molecule has 1 N–H and O–H groups in total. The average Bonchev–Trinajstić information content (AvgIpc) is 2.01. The summed E-state index contributed by atoms with van der Waals surface area (Å²) < 4.78 is 22.7. The molecule has 0 unspecified atom stereocenters. The average molecular weight is 214 g/mol. The highest BCUT2D eigenvalue weighted by Gasteiger charge is 2.13. The molecule has 5 heteroatoms. The van der Waals surface area contributed by atoms with Gasteiger partial charge < -0.3 is 5.32 Å². The van der Waals surface area contributed by atoms with Gasteiger partial charge in [-0.25, -0.2) is 13.4 Å². The van der Waals surface area contributed by atoms with Crippen LogP contribution >= 0.6 is 0 Å². The van der Waals surface area contributed by atoms with Crippen LogP contribution in [0.1, 0.15) is 13.8 Å². The number of anilines is 1. The van der Waals surface area contributed by atoms with Crippen molar-refractivity contribution >= 4 is 15.7 Å². The van der Waals surface area contributed by atoms with Crippen molar-refractivity contribution in [3.05, 3.63) is 18.3 Å². The van der Waals surface area contributed by atoms with Crippen LogP contribution in [-0.4, -0.2) is 25.7 Å². The summed E-state index contributed by atoms with van der Waals surface area (Å²) >= 11 is 0. The molecule has 0 spiro atoms. The van der Waals surface area contributed by atoms with Gasteiger partial charge in [0.1, 0.15) is 10.7 Å². The van der Waals surface area contributed by atoms with Gasteiger partial charge in [-0.2, -0.15) is 0 Å². The van der Waals surface area contributed by atoms with Gasteiger partial charge in [0.25, 0.3) is 0 Å². The number of nitrogens with zero attached hydrogens (tertiary/aromatic N) is 1. The zero-order chi connectivity index (χ0) is 10.8. The lowest BCUT2D eigenvalue weighted by atomic mass is 10.4. The summed E-state index contributed by atoms with van der Waals surface area (Å²) in [6, 6.07) is 3.32. The van der Waals surface area contributed by atoms with E-state index in [9.17, 15) is 8.42 Å². The van der Waals surface area contributed by atoms with E-state index in [0.29, 0.717) is 5.82 Å². The van der Waals surface area contributed by atoms with Crippen LogP contribution in [0.4, 0.5) is 5.82 Å². The Labute approximate surface area is 84.3 Å². The predicted molar refractivity (Wildman–Crippen MR) is 56.1 cm³/mol. The van der Waals surface area contributed by atoms with Crippen LogP contribution in [0, 0.1) is 0 Å². The Balaban J connectivity index is 3.17. The number of hydrogen-bond acceptors (Lipinski definition) is 4. The molecule has 0 fully saturated rings. The van der Waals surface area contributed by atoms with E-state index in [1.807, 2.05) is 13.8 Å². The van der Waals surface area contributed by atoms with Crippen molar-refractivity contribution < 1.29 is 8.42 Å². The van der Waals surface area contributed by atoms with Gasteiger partial charge >= 0.3 is 0 Å². The van der Waals surface area contributed by atoms with Crippen molar-refractivity contribution in [2.75, 3.05) is 11.6 Å². The molecule has 1 rings (SSSR count). The molecule has 1 heterocycles. The molecule has 0 bridgehead atoms. The van der Waals surface area contributed by atoms with Crippen molar-refractivity contribution in [3.8, 4) is 0 Å². The molecule has 4 nitrogen and oxygen atoms in total. The highest BCUT2D eigenvalue weighted by atomic mass is 32.2. The summed E-state index contributed by atoms with van der Waals surface area (Å²) in [5.74, 6) is 0.421. The second-order valence-electron chi connectivity index (χ2n) is 3.42. The molecule has 1 aromatic rings. The first kappa shape index (κ1) is 11.0. The Hall–Kier alpha value is -1.10. The number of pyridine rings is 1. The van der Waals surface area contributed by atoms with E-state index in [1.54, 1.807) is 18.3 Å². The Bertz CT molecular complexity index is 413. The lowest BCUT2D eigenvalue weighted by molar-refractivity contribution is 0.601. The van der Waals surface area contributed by atoms with Gasteiger partial charge in [-0.1, -0.05) is 0 Å². The van der Waals surface area contributed by atoms with Gasteiger partial charge in [0.2, 0.25) is 0 Å². The Kier molecular flexibility index (Phi) is 3.10. The third-order valence-corrected chi connectivity index (χ3v) is 2.72. The van der Waals surface area contributed by atoms with E-state index in [4.69, 9.17) is 0 Å². The number of hydrogen-bond donors (Lipinski definition) is 1. The second-order valence-corrected chi connectivity index (χ2v) is 5.41. The van der Waals surface area contributed by atoms with Crippen LogP contribution in [0.25, 0.3) is 0 Å². The zero-order valence-corrected chi connectivity index (χ0v) is 9.30. The van der Waals surface area contributed by atoms with Gasteiger partial charge in [0.15, 0.2) is 9.84 Å². The molecule has 78 valence electrons. The maximum Gasteiger partial charge on any atom is 0.179 e. The zero-order valence-electron chi connectivity index (χ0n) is 8.48. The molecule has 0 radical (unpaired) electrons. The van der Waals surface area contributed by atoms with E-state index in [-0.39, 0.29) is 10.9 Å². The Morgan fingerprint density at radius 2 is 2.07 bits per heavy atom. The number of nitrogens with one attached hydrogen (secondary N) is 1. The van der Waals surface area contributed by atoms with E-state index < -0.39 is 9.84 Å². The van der Waals surface area contributed by atoms with Crippen LogP contribution in [0.5, 0.6) is 0 Å². The lowest BCUT2D eigenvalue weighted by Gasteiger charge is -2.11. The first-order valence-corrected chi connectivity index (χ1v) is 6.22. The summed E-state index contributed by atoms with van der Waals surface area (Å²) in [6.07, 6.45) is 2.74. The molecule has 0 saturated carbocycles. The minimum absolute atomic E-state index is 0.158. The minimum Gasteiger partial charge on any atom is -0.367 e. The Morgan fingerprint density at radius 1 is 1.43 bits per heavy atom. The third-order valence-electron chi connectivity index (χ3n) is 1.60. The van der Waals surface area contributed by atoms with Gasteiger partial charge in [0, 0.05) is 18.5 Å². The largest absolute Gasteiger partial charge is 0.367 e. The molecule has 0 atom stereocenters. The molecule has 0 aliphatic carbocycles. The molecular weight excluding hydrogens is 200 g/mol. The smallest absolute Gasteiger partial charge is 0.179 e. The van der Waals surface area contributed by atoms with Crippen LogP contribution in [-0.2, 0) is 9.84 Å². The van der Waals surface area contributed by atoms with Gasteiger partial charge in [-0.05, 0) is 26.0 Å². The van der Waals surface area contributed by atoms with Crippen molar-refractivity contribution in [1.82, 2.24) is 4.98 Å². The van der Waals surface area contributed by atoms with Gasteiger partial charge in [-0.3, -0.25) is 0 Å². The summed E-state index contributed by atoms with van der Waals surface area (Å²) in [5, 5.41) is 2.99. The summed E-state index contributed by atoms with van der Waals surface area (Å²) in [5.41, 5.74) is 0. The van der Waals surface area contributed by atoms with Crippen molar-refractivity contribution in [2.45, 2.75) is 24.8 Å². The monoisotopic (exact) mass is 214 g/mol. The van der Waals surface area contributed by atoms with Crippen LogP contribution < -0.4 is 5.32 Å². The first-order chi connectivity index (χ1) is 6.41. The van der Waals surface area contributed by atoms with Crippen molar-refractivity contribution in [3.63, 3.8) is 0 Å². The summed E-state index contributed by atoms with van der Waals surface area (Å²) in [6.45, 7) is 3.86. The number of rotatable bonds is 3. The molecule has 0 aliphatic rings. The van der Waals surface area contributed by atoms with Crippen LogP contribution in [0.3, 0.4) is 0 Å². The van der Waals surface area contributed by atoms with Crippen molar-refractivity contribution in [1.29, 1.82) is 0 Å². The van der Waals surface area contributed by atoms with E-state index in [1.165, 1.54) is 6.26 Å². The standard InChI is InChI=1S/C9H14N2O2S/c1-7(2)11-9-8(14(3,12)13)5-4-6-10-9/h4-7H,1-3H3,(H,10,11). The quantitative estimate of drug-likeness (QED) is 0.824. The van der Waals surface area contributed by atoms with Crippen LogP contribution in [0.2, 0.25) is 0 Å². The first-order valence-electron chi connectivity index (χ1n) is 4.33. The van der Waals surface area contributed by atoms with E-state index in [0.717, 1.165) is 0 Å². The molecule has 1 aromatic heterocycles. The highest BCUT2D eigenvalue weighted by Crippen LogP contribution is 2.18. The number of sulfone groups is 1. The maximum atomic E-state index is 11.4. The Morgan fingerprint density at radius 3 is 2.57 bits per heavy atom. The van der Waals surface area contributed by atoms with Gasteiger partial charge in [0.05, 0.1) is 0 Å². The topological polar surface area (TPSA) is 59.1 Å². The molecule has 0 aliphatic heterocycles. The normalized spacial score (nSPS) is 11.7. The predicted octanol–water partition coefficient (Wildman–Crippen LogP) is 1.31. The fraction of sp³-hybridized carbons (Fsp3) is 0.444. The highest BCUT2D eigenvalue weighted by molar-refractivity contribution is 7.90. The maximum absolute atomic E-state index is 11.4. The summed E-state index contributed by atoms with van der Waals surface area (Å²) in [4.78, 5) is 4.24. The SMILES string of the molecule is CC(C)Nc1ncccc1S(C)(=O)=O. The molecule has 0 amide bonds. The fourth-order valence-corrected chi connectivity index (χ4v) is 1.86. The number of aromatic nitrogens is 1. The van der Waals surface area contributed by atoms with E-state index in [2.05, 4.69) is 10.3 Å². The summed E-state index contributed by atoms with van der Waals surface area (Å²) in [7, 11) is -3.20. The van der Waals surface area contributed by atoms with E-state index >= 15 is 0 Å². The third kappa shape index (κ3) is 2.70. The fourth-order valence-electron chi connectivity index (χ4n) is 1.07. The lowest BCUT2D eigenvalue weighted by Crippen LogP contribution is -2.14. The molecule has 0 aromatic carbocycles. The van der Waals surface area contributed by atoms with Gasteiger partial charge in [-0.15, -0.1) is 0 Å². The molecular formula is C9H14N2O2S. The molecule has 14 heavy (non-hydrogen) atoms. The van der Waals surface area contributed by atoms with Crippen molar-refractivity contribution in [2.24, 2.45) is 0 Å². The minimum atomic E-state index is -3.20. The van der Waals surface area contributed by atoms with Crippen LogP contribution in [0.15, 0.2) is 23.2 Å².